The van der Waals surface area contributed by atoms with Crippen molar-refractivity contribution >= 4 is 11.9 Å². The Balaban J connectivity index is 4.44. The first kappa shape index (κ1) is 27.7. The van der Waals surface area contributed by atoms with Crippen LogP contribution in [0.3, 0.4) is 0 Å². The average Bonchev–Trinajstić information content (AvgIpc) is 2.69. The molecule has 0 saturated carbocycles. The van der Waals surface area contributed by atoms with Gasteiger partial charge in [0.1, 0.15) is 0 Å². The highest BCUT2D eigenvalue weighted by atomic mass is 16.5. The van der Waals surface area contributed by atoms with Gasteiger partial charge in [0, 0.05) is 11.1 Å². The van der Waals surface area contributed by atoms with Crippen LogP contribution in [0, 0.1) is 5.92 Å². The van der Waals surface area contributed by atoms with Gasteiger partial charge in [-0.1, -0.05) is 91.9 Å². The summed E-state index contributed by atoms with van der Waals surface area (Å²) in [4.78, 5) is 24.9. The first-order chi connectivity index (χ1) is 13.9. The highest BCUT2D eigenvalue weighted by molar-refractivity contribution is 6.00. The SMILES string of the molecule is CCCCCCCCOC(=O)C(C)=C(CC(C)C)C(=O)OCCCCCCCC. The third kappa shape index (κ3) is 15.2. The highest BCUT2D eigenvalue weighted by Crippen LogP contribution is 2.19. The van der Waals surface area contributed by atoms with Crippen molar-refractivity contribution in [1.29, 1.82) is 0 Å². The Morgan fingerprint density at radius 1 is 0.655 bits per heavy atom. The summed E-state index contributed by atoms with van der Waals surface area (Å²) < 4.78 is 10.9. The van der Waals surface area contributed by atoms with Crippen LogP contribution in [0.5, 0.6) is 0 Å². The summed E-state index contributed by atoms with van der Waals surface area (Å²) in [7, 11) is 0. The second-order valence-corrected chi connectivity index (χ2v) is 8.51. The number of carbonyl (C=O) groups is 2. The fourth-order valence-corrected chi connectivity index (χ4v) is 3.21. The molecule has 0 saturated heterocycles. The van der Waals surface area contributed by atoms with Crippen molar-refractivity contribution in [2.24, 2.45) is 5.92 Å². The molecule has 0 spiro atoms. The molecule has 170 valence electrons. The van der Waals surface area contributed by atoms with E-state index in [1.165, 1.54) is 51.4 Å². The minimum atomic E-state index is -0.384. The summed E-state index contributed by atoms with van der Waals surface area (Å²) in [5.41, 5.74) is 0.872. The van der Waals surface area contributed by atoms with Crippen LogP contribution in [0.25, 0.3) is 0 Å². The molecule has 0 aliphatic carbocycles. The summed E-state index contributed by atoms with van der Waals surface area (Å²) in [5, 5.41) is 0. The van der Waals surface area contributed by atoms with E-state index in [2.05, 4.69) is 13.8 Å². The molecule has 0 heterocycles. The molecule has 0 rings (SSSR count). The Morgan fingerprint density at radius 3 is 1.52 bits per heavy atom. The van der Waals surface area contributed by atoms with Crippen LogP contribution < -0.4 is 0 Å². The Bertz CT molecular complexity index is 465. The molecule has 4 nitrogen and oxygen atoms in total. The molecule has 0 amide bonds. The van der Waals surface area contributed by atoms with Gasteiger partial charge >= 0.3 is 11.9 Å². The van der Waals surface area contributed by atoms with Gasteiger partial charge in [0.25, 0.3) is 0 Å². The number of hydrogen-bond donors (Lipinski definition) is 0. The van der Waals surface area contributed by atoms with Crippen molar-refractivity contribution in [3.8, 4) is 0 Å². The monoisotopic (exact) mass is 410 g/mol. The van der Waals surface area contributed by atoms with Crippen molar-refractivity contribution in [3.63, 3.8) is 0 Å². The molecule has 0 aliphatic rings. The molecule has 0 aliphatic heterocycles. The summed E-state index contributed by atoms with van der Waals surface area (Å²) in [5.74, 6) is -0.472. The van der Waals surface area contributed by atoms with Gasteiger partial charge in [-0.3, -0.25) is 0 Å². The number of unbranched alkanes of at least 4 members (excludes halogenated alkanes) is 10. The lowest BCUT2D eigenvalue weighted by Gasteiger charge is -2.14. The Kier molecular flexibility index (Phi) is 17.8. The van der Waals surface area contributed by atoms with E-state index in [0.717, 1.165) is 25.7 Å². The second kappa shape index (κ2) is 18.7. The summed E-state index contributed by atoms with van der Waals surface area (Å²) in [6, 6.07) is 0. The molecule has 0 aromatic carbocycles. The van der Waals surface area contributed by atoms with Gasteiger partial charge in [-0.05, 0) is 32.1 Å². The Hall–Kier alpha value is -1.32. The predicted octanol–water partition coefficient (Wildman–Crippen LogP) is 7.16. The van der Waals surface area contributed by atoms with E-state index >= 15 is 0 Å². The van der Waals surface area contributed by atoms with Crippen molar-refractivity contribution in [2.45, 2.75) is 118 Å². The van der Waals surface area contributed by atoms with Gasteiger partial charge < -0.3 is 9.47 Å². The van der Waals surface area contributed by atoms with E-state index in [1.54, 1.807) is 6.92 Å². The maximum atomic E-state index is 12.5. The molecule has 4 heteroatoms. The standard InChI is InChI=1S/C25H46O4/c1-6-8-10-12-14-16-18-28-24(26)22(5)23(20-21(3)4)25(27)29-19-17-15-13-11-9-7-2/h21H,6-20H2,1-5H3. The van der Waals surface area contributed by atoms with Crippen LogP contribution in [0.15, 0.2) is 11.1 Å². The zero-order valence-corrected chi connectivity index (χ0v) is 19.8. The second-order valence-electron chi connectivity index (χ2n) is 8.51. The number of ether oxygens (including phenoxy) is 2. The number of esters is 2. The van der Waals surface area contributed by atoms with Crippen LogP contribution in [0.4, 0.5) is 0 Å². The molecule has 0 radical (unpaired) electrons. The Morgan fingerprint density at radius 2 is 1.07 bits per heavy atom. The summed E-state index contributed by atoms with van der Waals surface area (Å²) >= 11 is 0. The normalized spacial score (nSPS) is 12.1. The molecule has 0 fully saturated rings. The average molecular weight is 411 g/mol. The lowest BCUT2D eigenvalue weighted by atomic mass is 9.98. The zero-order valence-electron chi connectivity index (χ0n) is 19.8. The minimum Gasteiger partial charge on any atom is -0.462 e. The first-order valence-corrected chi connectivity index (χ1v) is 12.0. The molecule has 0 aromatic heterocycles. The van der Waals surface area contributed by atoms with E-state index in [4.69, 9.17) is 9.47 Å². The molecular weight excluding hydrogens is 364 g/mol. The molecule has 0 bridgehead atoms. The summed E-state index contributed by atoms with van der Waals surface area (Å²) in [6.45, 7) is 11.0. The lowest BCUT2D eigenvalue weighted by molar-refractivity contribution is -0.142. The van der Waals surface area contributed by atoms with Gasteiger partial charge in [0.15, 0.2) is 0 Å². The largest absolute Gasteiger partial charge is 0.462 e. The quantitative estimate of drug-likeness (QED) is 0.137. The van der Waals surface area contributed by atoms with E-state index in [9.17, 15) is 9.59 Å². The maximum absolute atomic E-state index is 12.5. The van der Waals surface area contributed by atoms with Gasteiger partial charge in [0.05, 0.1) is 13.2 Å². The number of rotatable bonds is 18. The van der Waals surface area contributed by atoms with Gasteiger partial charge in [-0.25, -0.2) is 9.59 Å². The number of hydrogen-bond acceptors (Lipinski definition) is 4. The first-order valence-electron chi connectivity index (χ1n) is 12.0. The zero-order chi connectivity index (χ0) is 21.9. The maximum Gasteiger partial charge on any atom is 0.334 e. The smallest absolute Gasteiger partial charge is 0.334 e. The van der Waals surface area contributed by atoms with E-state index < -0.39 is 0 Å². The van der Waals surface area contributed by atoms with Crippen molar-refractivity contribution in [3.05, 3.63) is 11.1 Å². The summed E-state index contributed by atoms with van der Waals surface area (Å²) in [6.07, 6.45) is 14.3. The Labute approximate surface area is 179 Å². The van der Waals surface area contributed by atoms with Crippen LogP contribution in [-0.4, -0.2) is 25.2 Å². The van der Waals surface area contributed by atoms with Gasteiger partial charge in [0.2, 0.25) is 0 Å². The lowest BCUT2D eigenvalue weighted by Crippen LogP contribution is -2.17. The van der Waals surface area contributed by atoms with Gasteiger partial charge in [-0.15, -0.1) is 0 Å². The fraction of sp³-hybridized carbons (Fsp3) is 0.840. The van der Waals surface area contributed by atoms with Crippen molar-refractivity contribution < 1.29 is 19.1 Å². The van der Waals surface area contributed by atoms with Crippen molar-refractivity contribution in [2.75, 3.05) is 13.2 Å². The molecule has 0 atom stereocenters. The van der Waals surface area contributed by atoms with E-state index in [1.807, 2.05) is 13.8 Å². The molecular formula is C25H46O4. The van der Waals surface area contributed by atoms with Gasteiger partial charge in [-0.2, -0.15) is 0 Å². The fourth-order valence-electron chi connectivity index (χ4n) is 3.21. The van der Waals surface area contributed by atoms with Crippen LogP contribution in [0.1, 0.15) is 118 Å². The van der Waals surface area contributed by atoms with Crippen LogP contribution >= 0.6 is 0 Å². The predicted molar refractivity (Wildman–Crippen MR) is 121 cm³/mol. The van der Waals surface area contributed by atoms with Crippen molar-refractivity contribution in [1.82, 2.24) is 0 Å². The third-order valence-corrected chi connectivity index (χ3v) is 5.08. The molecule has 29 heavy (non-hydrogen) atoms. The number of carbonyl (C=O) groups excluding carboxylic acids is 2. The topological polar surface area (TPSA) is 52.6 Å². The van der Waals surface area contributed by atoms with E-state index in [-0.39, 0.29) is 17.9 Å². The van der Waals surface area contributed by atoms with Crippen LogP contribution in [-0.2, 0) is 19.1 Å². The van der Waals surface area contributed by atoms with E-state index in [0.29, 0.717) is 30.8 Å². The minimum absolute atomic E-state index is 0.271. The molecule has 0 N–H and O–H groups in total. The highest BCUT2D eigenvalue weighted by Gasteiger charge is 2.21. The molecule has 0 unspecified atom stereocenters. The van der Waals surface area contributed by atoms with Crippen LogP contribution in [0.2, 0.25) is 0 Å². The third-order valence-electron chi connectivity index (χ3n) is 5.08. The molecule has 0 aromatic rings.